The van der Waals surface area contributed by atoms with E-state index in [2.05, 4.69) is 18.8 Å². The standard InChI is InChI=1S/C17H22N4O3/c1-10-5-11(2)9-21(8-10)15(22)12-6-13-14(18-7-12)19(3)17(24)20(4)16(13)23/h6-7,10-11H,5,8-9H2,1-4H3/t10-,11-/m1/s1. The third kappa shape index (κ3) is 2.64. The number of piperidine rings is 1. The van der Waals surface area contributed by atoms with Gasteiger partial charge in [0.05, 0.1) is 10.9 Å². The van der Waals surface area contributed by atoms with E-state index in [1.807, 2.05) is 4.90 Å². The molecule has 128 valence electrons. The van der Waals surface area contributed by atoms with Crippen LogP contribution < -0.4 is 11.2 Å². The predicted octanol–water partition coefficient (Wildman–Crippen LogP) is 0.750. The number of hydrogen-bond donors (Lipinski definition) is 0. The minimum Gasteiger partial charge on any atom is -0.338 e. The maximum Gasteiger partial charge on any atom is 0.332 e. The zero-order valence-electron chi connectivity index (χ0n) is 14.4. The number of pyridine rings is 1. The number of aryl methyl sites for hydroxylation is 1. The van der Waals surface area contributed by atoms with Gasteiger partial charge in [-0.15, -0.1) is 0 Å². The first-order valence-corrected chi connectivity index (χ1v) is 8.14. The molecule has 0 saturated carbocycles. The van der Waals surface area contributed by atoms with Crippen molar-refractivity contribution in [2.45, 2.75) is 20.3 Å². The molecule has 0 bridgehead atoms. The van der Waals surface area contributed by atoms with E-state index in [1.54, 1.807) is 13.1 Å². The smallest absolute Gasteiger partial charge is 0.332 e. The number of fused-ring (bicyclic) bond motifs is 1. The zero-order chi connectivity index (χ0) is 17.6. The molecule has 0 spiro atoms. The van der Waals surface area contributed by atoms with E-state index < -0.39 is 11.2 Å². The van der Waals surface area contributed by atoms with Crippen LogP contribution in [0, 0.1) is 11.8 Å². The first kappa shape index (κ1) is 16.4. The summed E-state index contributed by atoms with van der Waals surface area (Å²) >= 11 is 0. The lowest BCUT2D eigenvalue weighted by molar-refractivity contribution is 0.0623. The van der Waals surface area contributed by atoms with E-state index in [4.69, 9.17) is 0 Å². The zero-order valence-corrected chi connectivity index (χ0v) is 14.4. The molecule has 1 saturated heterocycles. The molecule has 1 aliphatic heterocycles. The van der Waals surface area contributed by atoms with Crippen molar-refractivity contribution in [2.24, 2.45) is 25.9 Å². The first-order valence-electron chi connectivity index (χ1n) is 8.14. The van der Waals surface area contributed by atoms with Gasteiger partial charge in [0.25, 0.3) is 11.5 Å². The van der Waals surface area contributed by atoms with E-state index in [-0.39, 0.29) is 11.3 Å². The van der Waals surface area contributed by atoms with Crippen molar-refractivity contribution in [1.29, 1.82) is 0 Å². The van der Waals surface area contributed by atoms with Gasteiger partial charge in [0.15, 0.2) is 0 Å². The van der Waals surface area contributed by atoms with E-state index >= 15 is 0 Å². The largest absolute Gasteiger partial charge is 0.338 e. The van der Waals surface area contributed by atoms with Gasteiger partial charge in [-0.1, -0.05) is 13.8 Å². The highest BCUT2D eigenvalue weighted by Gasteiger charge is 2.26. The Labute approximate surface area is 139 Å². The van der Waals surface area contributed by atoms with Crippen molar-refractivity contribution < 1.29 is 4.79 Å². The Morgan fingerprint density at radius 3 is 2.38 bits per heavy atom. The molecule has 0 N–H and O–H groups in total. The highest BCUT2D eigenvalue weighted by molar-refractivity contribution is 5.96. The van der Waals surface area contributed by atoms with Crippen LogP contribution in [0.25, 0.3) is 11.0 Å². The summed E-state index contributed by atoms with van der Waals surface area (Å²) in [6, 6.07) is 1.55. The van der Waals surface area contributed by atoms with Crippen LogP contribution in [0.5, 0.6) is 0 Å². The van der Waals surface area contributed by atoms with Gasteiger partial charge in [0, 0.05) is 33.4 Å². The van der Waals surface area contributed by atoms with Crippen LogP contribution in [-0.2, 0) is 14.1 Å². The lowest BCUT2D eigenvalue weighted by Gasteiger charge is -2.35. The van der Waals surface area contributed by atoms with E-state index in [1.165, 1.54) is 17.8 Å². The van der Waals surface area contributed by atoms with Crippen molar-refractivity contribution in [3.8, 4) is 0 Å². The van der Waals surface area contributed by atoms with Crippen molar-refractivity contribution in [2.75, 3.05) is 13.1 Å². The molecule has 0 unspecified atom stereocenters. The fraction of sp³-hybridized carbons (Fsp3) is 0.529. The topological polar surface area (TPSA) is 77.2 Å². The van der Waals surface area contributed by atoms with Crippen LogP contribution >= 0.6 is 0 Å². The monoisotopic (exact) mass is 330 g/mol. The van der Waals surface area contributed by atoms with Crippen LogP contribution in [0.2, 0.25) is 0 Å². The van der Waals surface area contributed by atoms with Gasteiger partial charge in [-0.25, -0.2) is 9.78 Å². The molecule has 2 atom stereocenters. The van der Waals surface area contributed by atoms with Gasteiger partial charge in [-0.2, -0.15) is 0 Å². The molecule has 3 heterocycles. The second-order valence-electron chi connectivity index (χ2n) is 6.96. The summed E-state index contributed by atoms with van der Waals surface area (Å²) in [4.78, 5) is 43.1. The number of aromatic nitrogens is 3. The van der Waals surface area contributed by atoms with Crippen LogP contribution in [0.1, 0.15) is 30.6 Å². The predicted molar refractivity (Wildman–Crippen MR) is 91.1 cm³/mol. The van der Waals surface area contributed by atoms with Crippen molar-refractivity contribution in [1.82, 2.24) is 19.0 Å². The summed E-state index contributed by atoms with van der Waals surface area (Å²) in [7, 11) is 2.99. The van der Waals surface area contributed by atoms with Crippen molar-refractivity contribution in [3.05, 3.63) is 38.7 Å². The number of carbonyl (C=O) groups excluding carboxylic acids is 1. The number of nitrogens with zero attached hydrogens (tertiary/aromatic N) is 4. The summed E-state index contributed by atoms with van der Waals surface area (Å²) in [6.45, 7) is 5.71. The lowest BCUT2D eigenvalue weighted by Crippen LogP contribution is -2.42. The summed E-state index contributed by atoms with van der Waals surface area (Å²) in [6.07, 6.45) is 2.57. The molecule has 24 heavy (non-hydrogen) atoms. The maximum absolute atomic E-state index is 12.8. The molecular formula is C17H22N4O3. The molecule has 0 aromatic carbocycles. The number of likely N-dealkylation sites (tertiary alicyclic amines) is 1. The van der Waals surface area contributed by atoms with Gasteiger partial charge >= 0.3 is 5.69 Å². The highest BCUT2D eigenvalue weighted by Crippen LogP contribution is 2.22. The molecular weight excluding hydrogens is 308 g/mol. The Morgan fingerprint density at radius 1 is 1.12 bits per heavy atom. The van der Waals surface area contributed by atoms with Gasteiger partial charge in [-0.05, 0) is 24.3 Å². The van der Waals surface area contributed by atoms with Crippen molar-refractivity contribution >= 4 is 16.9 Å². The second kappa shape index (κ2) is 5.89. The minimum absolute atomic E-state index is 0.112. The Hall–Kier alpha value is -2.44. The van der Waals surface area contributed by atoms with Gasteiger partial charge in [-0.3, -0.25) is 18.7 Å². The molecule has 0 aliphatic carbocycles. The molecule has 7 heteroatoms. The fourth-order valence-corrected chi connectivity index (χ4v) is 3.59. The summed E-state index contributed by atoms with van der Waals surface area (Å²) in [5.74, 6) is 0.804. The Bertz CT molecular complexity index is 918. The molecule has 1 amide bonds. The van der Waals surface area contributed by atoms with Crippen LogP contribution in [0.15, 0.2) is 21.9 Å². The molecule has 3 rings (SSSR count). The van der Waals surface area contributed by atoms with Crippen molar-refractivity contribution in [3.63, 3.8) is 0 Å². The average Bonchev–Trinajstić information content (AvgIpc) is 2.56. The minimum atomic E-state index is -0.435. The summed E-state index contributed by atoms with van der Waals surface area (Å²) in [5, 5.41) is 0.281. The van der Waals surface area contributed by atoms with Gasteiger partial charge in [0.1, 0.15) is 5.65 Å². The quantitative estimate of drug-likeness (QED) is 0.773. The Balaban J connectivity index is 2.07. The molecule has 1 aliphatic rings. The van der Waals surface area contributed by atoms with E-state index in [0.717, 1.165) is 11.0 Å². The van der Waals surface area contributed by atoms with Gasteiger partial charge in [0.2, 0.25) is 0 Å². The Kier molecular flexibility index (Phi) is 4.03. The third-order valence-corrected chi connectivity index (χ3v) is 4.70. The molecule has 2 aromatic heterocycles. The van der Waals surface area contributed by atoms with E-state index in [9.17, 15) is 14.4 Å². The highest BCUT2D eigenvalue weighted by atomic mass is 16.2. The second-order valence-corrected chi connectivity index (χ2v) is 6.96. The fourth-order valence-electron chi connectivity index (χ4n) is 3.59. The molecule has 2 aromatic rings. The van der Waals surface area contributed by atoms with Crippen LogP contribution in [0.4, 0.5) is 0 Å². The van der Waals surface area contributed by atoms with Gasteiger partial charge < -0.3 is 4.90 Å². The normalized spacial score (nSPS) is 21.2. The van der Waals surface area contributed by atoms with Crippen LogP contribution in [0.3, 0.4) is 0 Å². The Morgan fingerprint density at radius 2 is 1.75 bits per heavy atom. The number of hydrogen-bond acceptors (Lipinski definition) is 4. The average molecular weight is 330 g/mol. The SMILES string of the molecule is C[C@@H]1C[C@@H](C)CN(C(=O)c2cnc3c(c2)c(=O)n(C)c(=O)n3C)C1. The molecule has 7 nitrogen and oxygen atoms in total. The third-order valence-electron chi connectivity index (χ3n) is 4.70. The van der Waals surface area contributed by atoms with Crippen LogP contribution in [-0.4, -0.2) is 38.0 Å². The lowest BCUT2D eigenvalue weighted by atomic mass is 9.91. The number of rotatable bonds is 1. The van der Waals surface area contributed by atoms with E-state index in [0.29, 0.717) is 36.1 Å². The first-order chi connectivity index (χ1) is 11.3. The number of amides is 1. The maximum atomic E-state index is 12.8. The number of carbonyl (C=O) groups is 1. The molecule has 1 fully saturated rings. The summed E-state index contributed by atoms with van der Waals surface area (Å²) < 4.78 is 2.35. The summed E-state index contributed by atoms with van der Waals surface area (Å²) in [5.41, 5.74) is -0.187. The molecule has 0 radical (unpaired) electrons.